The summed E-state index contributed by atoms with van der Waals surface area (Å²) < 4.78 is 0. The number of rotatable bonds is 3. The minimum absolute atomic E-state index is 0.124. The first-order valence-electron chi connectivity index (χ1n) is 5.98. The number of carboxylic acid groups (broad SMARTS) is 1. The van der Waals surface area contributed by atoms with Crippen LogP contribution in [0.2, 0.25) is 0 Å². The summed E-state index contributed by atoms with van der Waals surface area (Å²) in [6.45, 7) is 2.10. The Hall–Kier alpha value is -1.31. The van der Waals surface area contributed by atoms with E-state index in [1.54, 1.807) is 0 Å². The molecule has 0 saturated heterocycles. The fraction of sp³-hybridized carbons (Fsp3) is 0.500. The molecule has 1 aliphatic carbocycles. The van der Waals surface area contributed by atoms with Crippen LogP contribution < -0.4 is 0 Å². The molecule has 1 atom stereocenters. The molecule has 0 aliphatic heterocycles. The van der Waals surface area contributed by atoms with Crippen LogP contribution in [-0.4, -0.2) is 11.1 Å². The Bertz CT molecular complexity index is 397. The first kappa shape index (κ1) is 11.2. The molecule has 0 saturated carbocycles. The Morgan fingerprint density at radius 3 is 2.88 bits per heavy atom. The molecule has 16 heavy (non-hydrogen) atoms. The second-order valence-electron chi connectivity index (χ2n) is 4.72. The SMILES string of the molecule is CCC1(CC(=O)O)CCCc2ccccc21. The van der Waals surface area contributed by atoms with Crippen LogP contribution in [0.3, 0.4) is 0 Å². The van der Waals surface area contributed by atoms with Crippen molar-refractivity contribution in [3.05, 3.63) is 35.4 Å². The topological polar surface area (TPSA) is 37.3 Å². The zero-order valence-corrected chi connectivity index (χ0v) is 9.70. The first-order valence-corrected chi connectivity index (χ1v) is 5.98. The molecular formula is C14H18O2. The Morgan fingerprint density at radius 1 is 1.44 bits per heavy atom. The van der Waals surface area contributed by atoms with Gasteiger partial charge in [-0.3, -0.25) is 4.79 Å². The molecule has 0 bridgehead atoms. The molecule has 0 amide bonds. The third-order valence-corrected chi connectivity index (χ3v) is 3.86. The minimum atomic E-state index is -0.682. The average Bonchev–Trinajstić information content (AvgIpc) is 2.29. The van der Waals surface area contributed by atoms with E-state index in [0.717, 1.165) is 25.7 Å². The van der Waals surface area contributed by atoms with Crippen LogP contribution in [-0.2, 0) is 16.6 Å². The van der Waals surface area contributed by atoms with Gasteiger partial charge in [0, 0.05) is 5.41 Å². The maximum absolute atomic E-state index is 11.0. The van der Waals surface area contributed by atoms with Gasteiger partial charge in [0.1, 0.15) is 0 Å². The fourth-order valence-corrected chi connectivity index (χ4v) is 2.97. The molecule has 1 aromatic carbocycles. The lowest BCUT2D eigenvalue weighted by atomic mass is 9.66. The zero-order valence-electron chi connectivity index (χ0n) is 9.70. The van der Waals surface area contributed by atoms with Crippen molar-refractivity contribution in [2.24, 2.45) is 0 Å². The standard InChI is InChI=1S/C14H18O2/c1-2-14(10-13(15)16)9-5-7-11-6-3-4-8-12(11)14/h3-4,6,8H,2,5,7,9-10H2,1H3,(H,15,16). The molecule has 2 nitrogen and oxygen atoms in total. The van der Waals surface area contributed by atoms with Crippen LogP contribution in [0, 0.1) is 0 Å². The van der Waals surface area contributed by atoms with Gasteiger partial charge in [0.25, 0.3) is 0 Å². The summed E-state index contributed by atoms with van der Waals surface area (Å²) >= 11 is 0. The molecule has 0 radical (unpaired) electrons. The van der Waals surface area contributed by atoms with Crippen LogP contribution in [0.4, 0.5) is 0 Å². The summed E-state index contributed by atoms with van der Waals surface area (Å²) in [4.78, 5) is 11.0. The van der Waals surface area contributed by atoms with Gasteiger partial charge in [-0.2, -0.15) is 0 Å². The average molecular weight is 218 g/mol. The second-order valence-corrected chi connectivity index (χ2v) is 4.72. The molecule has 0 spiro atoms. The lowest BCUT2D eigenvalue weighted by molar-refractivity contribution is -0.138. The van der Waals surface area contributed by atoms with Gasteiger partial charge in [-0.25, -0.2) is 0 Å². The van der Waals surface area contributed by atoms with Gasteiger partial charge in [-0.15, -0.1) is 0 Å². The summed E-state index contributed by atoms with van der Waals surface area (Å²) in [6.07, 6.45) is 4.39. The summed E-state index contributed by atoms with van der Waals surface area (Å²) in [5.74, 6) is -0.682. The molecule has 86 valence electrons. The van der Waals surface area contributed by atoms with E-state index < -0.39 is 5.97 Å². The monoisotopic (exact) mass is 218 g/mol. The lowest BCUT2D eigenvalue weighted by Gasteiger charge is -2.37. The van der Waals surface area contributed by atoms with E-state index in [1.165, 1.54) is 11.1 Å². The van der Waals surface area contributed by atoms with Crippen LogP contribution in [0.25, 0.3) is 0 Å². The third-order valence-electron chi connectivity index (χ3n) is 3.86. The molecule has 0 aromatic heterocycles. The van der Waals surface area contributed by atoms with Gasteiger partial charge in [-0.05, 0) is 36.8 Å². The minimum Gasteiger partial charge on any atom is -0.481 e. The van der Waals surface area contributed by atoms with Gasteiger partial charge >= 0.3 is 5.97 Å². The number of benzene rings is 1. The molecular weight excluding hydrogens is 200 g/mol. The number of fused-ring (bicyclic) bond motifs is 1. The molecule has 2 heteroatoms. The maximum atomic E-state index is 11.0. The van der Waals surface area contributed by atoms with Crippen molar-refractivity contribution in [1.82, 2.24) is 0 Å². The third kappa shape index (κ3) is 1.84. The van der Waals surface area contributed by atoms with Crippen molar-refractivity contribution in [2.45, 2.75) is 44.4 Å². The van der Waals surface area contributed by atoms with Crippen molar-refractivity contribution in [1.29, 1.82) is 0 Å². The molecule has 1 aliphatic rings. The normalized spacial score (nSPS) is 23.8. The maximum Gasteiger partial charge on any atom is 0.304 e. The van der Waals surface area contributed by atoms with E-state index in [2.05, 4.69) is 19.1 Å². The summed E-state index contributed by atoms with van der Waals surface area (Å²) in [5.41, 5.74) is 2.49. The molecule has 1 unspecified atom stereocenters. The Labute approximate surface area is 96.3 Å². The molecule has 0 fully saturated rings. The van der Waals surface area contributed by atoms with Gasteiger partial charge in [0.2, 0.25) is 0 Å². The lowest BCUT2D eigenvalue weighted by Crippen LogP contribution is -2.32. The highest BCUT2D eigenvalue weighted by atomic mass is 16.4. The predicted molar refractivity (Wildman–Crippen MR) is 63.6 cm³/mol. The number of hydrogen-bond donors (Lipinski definition) is 1. The molecule has 0 heterocycles. The van der Waals surface area contributed by atoms with Crippen LogP contribution in [0.1, 0.15) is 43.7 Å². The number of hydrogen-bond acceptors (Lipinski definition) is 1. The number of carboxylic acids is 1. The van der Waals surface area contributed by atoms with Crippen LogP contribution in [0.15, 0.2) is 24.3 Å². The van der Waals surface area contributed by atoms with Crippen molar-refractivity contribution in [3.8, 4) is 0 Å². The van der Waals surface area contributed by atoms with E-state index in [1.807, 2.05) is 12.1 Å². The Kier molecular flexibility index (Phi) is 2.99. The Balaban J connectivity index is 2.44. The van der Waals surface area contributed by atoms with Crippen LogP contribution in [0.5, 0.6) is 0 Å². The first-order chi connectivity index (χ1) is 7.68. The van der Waals surface area contributed by atoms with E-state index in [9.17, 15) is 4.79 Å². The van der Waals surface area contributed by atoms with E-state index in [-0.39, 0.29) is 11.8 Å². The van der Waals surface area contributed by atoms with Crippen molar-refractivity contribution in [3.63, 3.8) is 0 Å². The number of aliphatic carboxylic acids is 1. The molecule has 2 rings (SSSR count). The van der Waals surface area contributed by atoms with E-state index in [0.29, 0.717) is 0 Å². The Morgan fingerprint density at radius 2 is 2.19 bits per heavy atom. The van der Waals surface area contributed by atoms with Gasteiger partial charge in [0.05, 0.1) is 6.42 Å². The van der Waals surface area contributed by atoms with Crippen molar-refractivity contribution >= 4 is 5.97 Å². The van der Waals surface area contributed by atoms with Gasteiger partial charge in [0.15, 0.2) is 0 Å². The zero-order chi connectivity index (χ0) is 11.6. The highest BCUT2D eigenvalue weighted by Gasteiger charge is 2.36. The van der Waals surface area contributed by atoms with Gasteiger partial charge in [-0.1, -0.05) is 31.2 Å². The van der Waals surface area contributed by atoms with Crippen LogP contribution >= 0.6 is 0 Å². The number of aryl methyl sites for hydroxylation is 1. The predicted octanol–water partition coefficient (Wildman–Crippen LogP) is 3.15. The summed E-state index contributed by atoms with van der Waals surface area (Å²) in [6, 6.07) is 8.32. The molecule has 1 aromatic rings. The second kappa shape index (κ2) is 4.28. The van der Waals surface area contributed by atoms with Crippen molar-refractivity contribution in [2.75, 3.05) is 0 Å². The largest absolute Gasteiger partial charge is 0.481 e. The van der Waals surface area contributed by atoms with E-state index >= 15 is 0 Å². The summed E-state index contributed by atoms with van der Waals surface area (Å²) in [7, 11) is 0. The summed E-state index contributed by atoms with van der Waals surface area (Å²) in [5, 5.41) is 9.09. The van der Waals surface area contributed by atoms with Crippen molar-refractivity contribution < 1.29 is 9.90 Å². The smallest absolute Gasteiger partial charge is 0.304 e. The van der Waals surface area contributed by atoms with Gasteiger partial charge < -0.3 is 5.11 Å². The fourth-order valence-electron chi connectivity index (χ4n) is 2.97. The van der Waals surface area contributed by atoms with E-state index in [4.69, 9.17) is 5.11 Å². The quantitative estimate of drug-likeness (QED) is 0.846. The highest BCUT2D eigenvalue weighted by Crippen LogP contribution is 2.42. The molecule has 1 N–H and O–H groups in total. The number of carbonyl (C=O) groups is 1. The highest BCUT2D eigenvalue weighted by molar-refractivity contribution is 5.69.